The summed E-state index contributed by atoms with van der Waals surface area (Å²) in [6.45, 7) is 3.40. The van der Waals surface area contributed by atoms with Gasteiger partial charge in [-0.05, 0) is 44.4 Å². The minimum Gasteiger partial charge on any atom is -0.376 e. The number of nitrogens with zero attached hydrogens (tertiary/aromatic N) is 3. The number of H-pyrrole nitrogens is 1. The van der Waals surface area contributed by atoms with E-state index >= 15 is 0 Å². The van der Waals surface area contributed by atoms with Gasteiger partial charge in [-0.2, -0.15) is 0 Å². The zero-order chi connectivity index (χ0) is 18.4. The van der Waals surface area contributed by atoms with Crippen molar-refractivity contribution in [1.82, 2.24) is 15.0 Å². The monoisotopic (exact) mass is 362 g/mol. The number of nitrogens with one attached hydrogen (secondary N) is 1. The molecule has 1 saturated heterocycles. The Morgan fingerprint density at radius 3 is 3.11 bits per heavy atom. The lowest BCUT2D eigenvalue weighted by Gasteiger charge is -2.27. The highest BCUT2D eigenvalue weighted by atomic mass is 16.5. The molecule has 5 heterocycles. The molecule has 27 heavy (non-hydrogen) atoms. The van der Waals surface area contributed by atoms with Gasteiger partial charge in [-0.1, -0.05) is 0 Å². The molecule has 6 nitrogen and oxygen atoms in total. The Balaban J connectivity index is 1.52. The van der Waals surface area contributed by atoms with Crippen molar-refractivity contribution < 1.29 is 9.53 Å². The Bertz CT molecular complexity index is 1020. The molecule has 1 N–H and O–H groups in total. The van der Waals surface area contributed by atoms with Gasteiger partial charge in [0, 0.05) is 41.2 Å². The molecule has 0 radical (unpaired) electrons. The maximum absolute atomic E-state index is 12.6. The van der Waals surface area contributed by atoms with Gasteiger partial charge in [0.05, 0.1) is 30.5 Å². The van der Waals surface area contributed by atoms with E-state index in [1.165, 1.54) is 6.42 Å². The Morgan fingerprint density at radius 2 is 2.26 bits per heavy atom. The van der Waals surface area contributed by atoms with Gasteiger partial charge in [0.25, 0.3) is 0 Å². The van der Waals surface area contributed by atoms with E-state index in [4.69, 9.17) is 9.72 Å². The maximum Gasteiger partial charge on any atom is 0.233 e. The van der Waals surface area contributed by atoms with E-state index in [1.54, 1.807) is 0 Å². The summed E-state index contributed by atoms with van der Waals surface area (Å²) in [6, 6.07) is 6.22. The average Bonchev–Trinajstić information content (AvgIpc) is 3.26. The molecule has 0 saturated carbocycles. The van der Waals surface area contributed by atoms with Crippen molar-refractivity contribution in [3.63, 3.8) is 0 Å². The smallest absolute Gasteiger partial charge is 0.233 e. The van der Waals surface area contributed by atoms with Crippen molar-refractivity contribution in [3.05, 3.63) is 42.0 Å². The van der Waals surface area contributed by atoms with Crippen molar-refractivity contribution in [2.45, 2.75) is 38.7 Å². The van der Waals surface area contributed by atoms with Crippen LogP contribution in [0.2, 0.25) is 0 Å². The minimum atomic E-state index is 0.113. The summed E-state index contributed by atoms with van der Waals surface area (Å²) in [5.74, 6) is 0.113. The van der Waals surface area contributed by atoms with Crippen molar-refractivity contribution in [3.8, 4) is 11.1 Å². The average molecular weight is 362 g/mol. The number of hydrogen-bond donors (Lipinski definition) is 1. The fourth-order valence-electron chi connectivity index (χ4n) is 4.12. The van der Waals surface area contributed by atoms with Gasteiger partial charge in [0.15, 0.2) is 0 Å². The molecular weight excluding hydrogens is 340 g/mol. The first-order valence-corrected chi connectivity index (χ1v) is 9.55. The molecule has 0 bridgehead atoms. The zero-order valence-electron chi connectivity index (χ0n) is 15.4. The van der Waals surface area contributed by atoms with Crippen molar-refractivity contribution in [2.24, 2.45) is 0 Å². The van der Waals surface area contributed by atoms with Crippen LogP contribution in [0.4, 0.5) is 5.69 Å². The molecule has 1 amide bonds. The number of amides is 1. The molecule has 0 unspecified atom stereocenters. The first kappa shape index (κ1) is 16.4. The number of pyridine rings is 2. The third-order valence-corrected chi connectivity index (χ3v) is 5.55. The number of anilines is 1. The van der Waals surface area contributed by atoms with Crippen molar-refractivity contribution in [2.75, 3.05) is 18.1 Å². The number of carbonyl (C=O) groups excluding carboxylic acids is 1. The van der Waals surface area contributed by atoms with Gasteiger partial charge in [-0.25, -0.2) is 4.98 Å². The largest absolute Gasteiger partial charge is 0.376 e. The maximum atomic E-state index is 12.6. The summed E-state index contributed by atoms with van der Waals surface area (Å²) >= 11 is 0. The Hall–Kier alpha value is -2.73. The fourth-order valence-corrected chi connectivity index (χ4v) is 4.12. The predicted octanol–water partition coefficient (Wildman–Crippen LogP) is 3.39. The standard InChI is InChI=1S/C21H22N4O2/c1-13-17(15-8-14-5-6-22-21(14)23-11-15)9-19-18(24-13)10-20(26)25(19)12-16-4-2-3-7-27-16/h5-6,8-9,11,16H,2-4,7,10,12H2,1H3,(H,22,23)/t16-/m1/s1. The molecule has 0 aromatic carbocycles. The van der Waals surface area contributed by atoms with Crippen molar-refractivity contribution in [1.29, 1.82) is 0 Å². The van der Waals surface area contributed by atoms with Gasteiger partial charge in [0.2, 0.25) is 5.91 Å². The van der Waals surface area contributed by atoms with Gasteiger partial charge in [-0.3, -0.25) is 9.78 Å². The van der Waals surface area contributed by atoms with Crippen LogP contribution in [-0.2, 0) is 16.0 Å². The summed E-state index contributed by atoms with van der Waals surface area (Å²) in [5, 5.41) is 1.07. The molecule has 1 fully saturated rings. The van der Waals surface area contributed by atoms with E-state index in [0.29, 0.717) is 13.0 Å². The summed E-state index contributed by atoms with van der Waals surface area (Å²) in [5.41, 5.74) is 5.62. The van der Waals surface area contributed by atoms with Gasteiger partial charge in [0.1, 0.15) is 5.65 Å². The Labute approximate surface area is 157 Å². The number of hydrogen-bond acceptors (Lipinski definition) is 4. The lowest BCUT2D eigenvalue weighted by atomic mass is 10.0. The molecule has 0 spiro atoms. The highest BCUT2D eigenvalue weighted by Crippen LogP contribution is 2.35. The van der Waals surface area contributed by atoms with Gasteiger partial charge in [-0.15, -0.1) is 0 Å². The summed E-state index contributed by atoms with van der Waals surface area (Å²) in [6.07, 6.45) is 7.54. The second kappa shape index (κ2) is 6.46. The molecule has 3 aromatic rings. The van der Waals surface area contributed by atoms with Gasteiger partial charge >= 0.3 is 0 Å². The molecule has 2 aliphatic heterocycles. The summed E-state index contributed by atoms with van der Waals surface area (Å²) < 4.78 is 5.85. The Kier molecular flexibility index (Phi) is 3.93. The lowest BCUT2D eigenvalue weighted by molar-refractivity contribution is -0.118. The SMILES string of the molecule is Cc1nc2c(cc1-c1cnc3[nH]ccc3c1)N(C[C@H]1CCCCO1)C(=O)C2. The summed E-state index contributed by atoms with van der Waals surface area (Å²) in [4.78, 5) is 26.9. The van der Waals surface area contributed by atoms with Crippen LogP contribution in [0.15, 0.2) is 30.6 Å². The summed E-state index contributed by atoms with van der Waals surface area (Å²) in [7, 11) is 0. The normalized spacial score (nSPS) is 19.7. The highest BCUT2D eigenvalue weighted by molar-refractivity contribution is 6.01. The highest BCUT2D eigenvalue weighted by Gasteiger charge is 2.32. The molecule has 2 aliphatic rings. The van der Waals surface area contributed by atoms with Crippen LogP contribution in [0, 0.1) is 6.92 Å². The van der Waals surface area contributed by atoms with Crippen LogP contribution in [0.25, 0.3) is 22.2 Å². The molecule has 5 rings (SSSR count). The molecule has 1 atom stereocenters. The predicted molar refractivity (Wildman–Crippen MR) is 104 cm³/mol. The second-order valence-electron chi connectivity index (χ2n) is 7.40. The molecule has 3 aromatic heterocycles. The number of fused-ring (bicyclic) bond motifs is 2. The first-order valence-electron chi connectivity index (χ1n) is 9.55. The quantitative estimate of drug-likeness (QED) is 0.775. The van der Waals surface area contributed by atoms with E-state index < -0.39 is 0 Å². The third-order valence-electron chi connectivity index (χ3n) is 5.55. The first-order chi connectivity index (χ1) is 13.2. The zero-order valence-corrected chi connectivity index (χ0v) is 15.4. The van der Waals surface area contributed by atoms with Crippen LogP contribution >= 0.6 is 0 Å². The number of carbonyl (C=O) groups is 1. The van der Waals surface area contributed by atoms with E-state index in [0.717, 1.165) is 58.7 Å². The molecule has 6 heteroatoms. The molecule has 0 aliphatic carbocycles. The van der Waals surface area contributed by atoms with Crippen LogP contribution in [0.5, 0.6) is 0 Å². The number of rotatable bonds is 3. The number of aryl methyl sites for hydroxylation is 1. The number of ether oxygens (including phenoxy) is 1. The molecule has 138 valence electrons. The van der Waals surface area contributed by atoms with E-state index in [2.05, 4.69) is 22.1 Å². The third kappa shape index (κ3) is 2.90. The van der Waals surface area contributed by atoms with Gasteiger partial charge < -0.3 is 14.6 Å². The van der Waals surface area contributed by atoms with E-state index in [9.17, 15) is 4.79 Å². The second-order valence-corrected chi connectivity index (χ2v) is 7.40. The van der Waals surface area contributed by atoms with E-state index in [-0.39, 0.29) is 12.0 Å². The topological polar surface area (TPSA) is 71.1 Å². The minimum absolute atomic E-state index is 0.113. The lowest BCUT2D eigenvalue weighted by Crippen LogP contribution is -2.37. The number of aromatic amines is 1. The number of aromatic nitrogens is 3. The Morgan fingerprint density at radius 1 is 1.33 bits per heavy atom. The van der Waals surface area contributed by atoms with Crippen LogP contribution < -0.4 is 4.90 Å². The molecular formula is C21H22N4O2. The van der Waals surface area contributed by atoms with Crippen molar-refractivity contribution >= 4 is 22.6 Å². The van der Waals surface area contributed by atoms with E-state index in [1.807, 2.05) is 30.3 Å². The van der Waals surface area contributed by atoms with Crippen LogP contribution in [0.1, 0.15) is 30.7 Å². The van der Waals surface area contributed by atoms with Crippen LogP contribution in [0.3, 0.4) is 0 Å². The fraction of sp³-hybridized carbons (Fsp3) is 0.381. The van der Waals surface area contributed by atoms with Crippen LogP contribution in [-0.4, -0.2) is 40.1 Å².